The Morgan fingerprint density at radius 1 is 1.32 bits per heavy atom. The van der Waals surface area contributed by atoms with Gasteiger partial charge in [0.05, 0.1) is 17.4 Å². The molecule has 0 aliphatic rings. The first kappa shape index (κ1) is 15.5. The smallest absolute Gasteiger partial charge is 0.212 e. The van der Waals surface area contributed by atoms with E-state index in [0.717, 1.165) is 12.1 Å². The van der Waals surface area contributed by atoms with Crippen LogP contribution in [0, 0.1) is 23.0 Å². The van der Waals surface area contributed by atoms with E-state index < -0.39 is 21.7 Å². The minimum absolute atomic E-state index is 0.0576. The zero-order valence-electron chi connectivity index (χ0n) is 10.2. The van der Waals surface area contributed by atoms with E-state index in [-0.39, 0.29) is 30.0 Å². The number of nitrogens with one attached hydrogen (secondary N) is 2. The van der Waals surface area contributed by atoms with Gasteiger partial charge in [-0.25, -0.2) is 21.9 Å². The fraction of sp³-hybridized carbons (Fsp3) is 0.364. The van der Waals surface area contributed by atoms with Crippen LogP contribution in [-0.4, -0.2) is 27.8 Å². The van der Waals surface area contributed by atoms with Gasteiger partial charge in [0.2, 0.25) is 10.0 Å². The van der Waals surface area contributed by atoms with Crippen molar-refractivity contribution < 1.29 is 17.2 Å². The van der Waals surface area contributed by atoms with Crippen molar-refractivity contribution in [3.8, 4) is 6.07 Å². The maximum absolute atomic E-state index is 13.5. The highest BCUT2D eigenvalue weighted by molar-refractivity contribution is 7.89. The summed E-state index contributed by atoms with van der Waals surface area (Å²) in [6.45, 7) is -0.0926. The molecule has 8 heteroatoms. The molecule has 0 aromatic heterocycles. The van der Waals surface area contributed by atoms with Crippen molar-refractivity contribution >= 4 is 10.0 Å². The Morgan fingerprint density at radius 2 is 1.89 bits per heavy atom. The fourth-order valence-electron chi connectivity index (χ4n) is 1.36. The predicted octanol–water partition coefficient (Wildman–Crippen LogP) is 0.475. The molecule has 104 valence electrons. The van der Waals surface area contributed by atoms with E-state index in [0.29, 0.717) is 0 Å². The second kappa shape index (κ2) is 6.56. The molecule has 0 heterocycles. The number of hydrogen-bond donors (Lipinski definition) is 2. The van der Waals surface area contributed by atoms with Crippen LogP contribution in [0.4, 0.5) is 8.78 Å². The normalized spacial score (nSPS) is 11.3. The zero-order valence-corrected chi connectivity index (χ0v) is 11.0. The minimum Gasteiger partial charge on any atom is -0.311 e. The number of nitriles is 1. The lowest BCUT2D eigenvalue weighted by atomic mass is 10.1. The summed E-state index contributed by atoms with van der Waals surface area (Å²) in [5, 5.41) is 11.2. The van der Waals surface area contributed by atoms with Crippen molar-refractivity contribution in [1.29, 1.82) is 5.26 Å². The van der Waals surface area contributed by atoms with Crippen LogP contribution in [0.25, 0.3) is 0 Å². The largest absolute Gasteiger partial charge is 0.311 e. The molecular formula is C11H13F2N3O2S. The molecular weight excluding hydrogens is 276 g/mol. The molecule has 5 nitrogen and oxygen atoms in total. The van der Waals surface area contributed by atoms with Gasteiger partial charge < -0.3 is 5.32 Å². The van der Waals surface area contributed by atoms with Gasteiger partial charge in [-0.3, -0.25) is 0 Å². The van der Waals surface area contributed by atoms with E-state index in [1.54, 1.807) is 6.07 Å². The van der Waals surface area contributed by atoms with Crippen LogP contribution < -0.4 is 10.0 Å². The molecule has 0 unspecified atom stereocenters. The summed E-state index contributed by atoms with van der Waals surface area (Å²) in [6, 6.07) is 3.51. The lowest BCUT2D eigenvalue weighted by molar-refractivity contribution is 0.537. The van der Waals surface area contributed by atoms with Gasteiger partial charge in [0, 0.05) is 18.7 Å². The second-order valence-electron chi connectivity index (χ2n) is 3.73. The highest BCUT2D eigenvalue weighted by Gasteiger charge is 2.11. The number of hydrogen-bond acceptors (Lipinski definition) is 4. The molecule has 19 heavy (non-hydrogen) atoms. The molecule has 0 atom stereocenters. The average molecular weight is 289 g/mol. The van der Waals surface area contributed by atoms with Gasteiger partial charge in [0.25, 0.3) is 0 Å². The molecule has 0 radical (unpaired) electrons. The Labute approximate surface area is 110 Å². The average Bonchev–Trinajstić information content (AvgIpc) is 2.36. The predicted molar refractivity (Wildman–Crippen MR) is 65.6 cm³/mol. The van der Waals surface area contributed by atoms with Crippen molar-refractivity contribution in [1.82, 2.24) is 10.0 Å². The van der Waals surface area contributed by atoms with Gasteiger partial charge in [-0.1, -0.05) is 0 Å². The lowest BCUT2D eigenvalue weighted by Gasteiger charge is -2.08. The number of sulfonamides is 1. The maximum atomic E-state index is 13.5. The van der Waals surface area contributed by atoms with Crippen molar-refractivity contribution in [2.24, 2.45) is 0 Å². The summed E-state index contributed by atoms with van der Waals surface area (Å²) >= 11 is 0. The first-order valence-corrected chi connectivity index (χ1v) is 7.05. The molecule has 0 amide bonds. The first-order valence-electron chi connectivity index (χ1n) is 5.39. The van der Waals surface area contributed by atoms with Crippen molar-refractivity contribution in [3.63, 3.8) is 0 Å². The number of halogens is 2. The molecule has 1 rings (SSSR count). The molecule has 0 aliphatic carbocycles. The van der Waals surface area contributed by atoms with Gasteiger partial charge in [-0.15, -0.1) is 0 Å². The number of rotatable bonds is 6. The van der Waals surface area contributed by atoms with Crippen molar-refractivity contribution in [2.75, 3.05) is 19.3 Å². The van der Waals surface area contributed by atoms with Gasteiger partial charge in [-0.05, 0) is 19.2 Å². The van der Waals surface area contributed by atoms with Crippen LogP contribution >= 0.6 is 0 Å². The number of nitrogens with zero attached hydrogens (tertiary/aromatic N) is 1. The Balaban J connectivity index is 2.62. The molecule has 0 bridgehead atoms. The molecule has 1 aromatic rings. The molecule has 0 saturated heterocycles. The summed E-state index contributed by atoms with van der Waals surface area (Å²) in [5.74, 6) is -1.86. The van der Waals surface area contributed by atoms with E-state index in [4.69, 9.17) is 5.26 Å². The molecule has 0 saturated carbocycles. The molecule has 0 aliphatic heterocycles. The van der Waals surface area contributed by atoms with Crippen LogP contribution in [0.2, 0.25) is 0 Å². The molecule has 0 spiro atoms. The van der Waals surface area contributed by atoms with Crippen molar-refractivity contribution in [3.05, 3.63) is 34.9 Å². The van der Waals surface area contributed by atoms with Gasteiger partial charge >= 0.3 is 0 Å². The summed E-state index contributed by atoms with van der Waals surface area (Å²) < 4.78 is 51.2. The number of benzene rings is 1. The molecule has 0 fully saturated rings. The fourth-order valence-corrected chi connectivity index (χ4v) is 1.98. The summed E-state index contributed by atoms with van der Waals surface area (Å²) in [7, 11) is -2.06. The third-order valence-electron chi connectivity index (χ3n) is 2.43. The van der Waals surface area contributed by atoms with Gasteiger partial charge in [-0.2, -0.15) is 5.26 Å². The van der Waals surface area contributed by atoms with Crippen LogP contribution in [0.3, 0.4) is 0 Å². The molecule has 2 N–H and O–H groups in total. The molecule has 1 aromatic carbocycles. The van der Waals surface area contributed by atoms with E-state index in [1.165, 1.54) is 7.05 Å². The third-order valence-corrected chi connectivity index (χ3v) is 3.79. The van der Waals surface area contributed by atoms with Crippen LogP contribution in [0.15, 0.2) is 12.1 Å². The zero-order chi connectivity index (χ0) is 14.5. The third kappa shape index (κ3) is 4.55. The standard InChI is InChI=1S/C11H13F2N3O2S/c1-15-19(17,18)3-2-16-7-9-10(12)4-8(6-14)5-11(9)13/h4-5,15-16H,2-3,7H2,1H3. The van der Waals surface area contributed by atoms with Crippen LogP contribution in [0.5, 0.6) is 0 Å². The maximum Gasteiger partial charge on any atom is 0.212 e. The Hall–Kier alpha value is -1.56. The van der Waals surface area contributed by atoms with Crippen LogP contribution in [-0.2, 0) is 16.6 Å². The highest BCUT2D eigenvalue weighted by atomic mass is 32.2. The highest BCUT2D eigenvalue weighted by Crippen LogP contribution is 2.14. The quantitative estimate of drug-likeness (QED) is 0.746. The van der Waals surface area contributed by atoms with Crippen molar-refractivity contribution in [2.45, 2.75) is 6.54 Å². The van der Waals surface area contributed by atoms with E-state index in [9.17, 15) is 17.2 Å². The topological polar surface area (TPSA) is 82.0 Å². The summed E-state index contributed by atoms with van der Waals surface area (Å²) in [5.41, 5.74) is -0.322. The Morgan fingerprint density at radius 3 is 2.37 bits per heavy atom. The Kier molecular flexibility index (Phi) is 5.35. The van der Waals surface area contributed by atoms with Crippen LogP contribution in [0.1, 0.15) is 11.1 Å². The SMILES string of the molecule is CNS(=O)(=O)CCNCc1c(F)cc(C#N)cc1F. The Bertz CT molecular complexity index is 573. The van der Waals surface area contributed by atoms with E-state index >= 15 is 0 Å². The second-order valence-corrected chi connectivity index (χ2v) is 5.78. The van der Waals surface area contributed by atoms with E-state index in [2.05, 4.69) is 10.0 Å². The van der Waals surface area contributed by atoms with E-state index in [1.807, 2.05) is 0 Å². The van der Waals surface area contributed by atoms with Gasteiger partial charge in [0.15, 0.2) is 0 Å². The minimum atomic E-state index is -3.35. The summed E-state index contributed by atoms with van der Waals surface area (Å²) in [4.78, 5) is 0. The monoisotopic (exact) mass is 289 g/mol. The van der Waals surface area contributed by atoms with Gasteiger partial charge in [0.1, 0.15) is 11.6 Å². The first-order chi connectivity index (χ1) is 8.89. The lowest BCUT2D eigenvalue weighted by Crippen LogP contribution is -2.29. The summed E-state index contributed by atoms with van der Waals surface area (Å²) in [6.07, 6.45) is 0.